The topological polar surface area (TPSA) is 42.7 Å². The Labute approximate surface area is 141 Å². The van der Waals surface area contributed by atoms with Gasteiger partial charge in [0.2, 0.25) is 0 Å². The number of hydrogen-bond donors (Lipinski definition) is 1. The number of hydrogen-bond acceptors (Lipinski definition) is 3. The average Bonchev–Trinajstić information content (AvgIpc) is 3.10. The third kappa shape index (κ3) is 2.21. The van der Waals surface area contributed by atoms with Gasteiger partial charge >= 0.3 is 0 Å². The number of fused-ring (bicyclic) bond motifs is 1. The van der Waals surface area contributed by atoms with Crippen LogP contribution < -0.4 is 5.32 Å². The average molecular weight is 376 g/mol. The van der Waals surface area contributed by atoms with Crippen molar-refractivity contribution in [1.29, 1.82) is 0 Å². The Morgan fingerprint density at radius 2 is 2.09 bits per heavy atom. The van der Waals surface area contributed by atoms with Crippen molar-refractivity contribution in [1.82, 2.24) is 14.8 Å². The highest BCUT2D eigenvalue weighted by Crippen LogP contribution is 2.36. The third-order valence-electron chi connectivity index (χ3n) is 3.71. The molecule has 0 radical (unpaired) electrons. The van der Waals surface area contributed by atoms with E-state index in [1.807, 2.05) is 41.2 Å². The fraction of sp³-hybridized carbons (Fsp3) is 0.125. The van der Waals surface area contributed by atoms with Gasteiger partial charge in [-0.05, 0) is 40.5 Å². The predicted molar refractivity (Wildman–Crippen MR) is 91.7 cm³/mol. The van der Waals surface area contributed by atoms with Crippen LogP contribution in [-0.4, -0.2) is 21.3 Å². The van der Waals surface area contributed by atoms with E-state index in [4.69, 9.17) is 16.7 Å². The lowest BCUT2D eigenvalue weighted by molar-refractivity contribution is 0.882. The standard InChI is InChI=1S/C16H12BrClN4/c17-11-7-10(8-19-9-11)15-12-5-6-20-16(12)22(21-15)14-4-2-1-3-13(14)18/h1-4,7-9,20H,5-6H2. The number of nitrogens with one attached hydrogen (secondary N) is 1. The minimum absolute atomic E-state index is 0.681. The summed E-state index contributed by atoms with van der Waals surface area (Å²) in [7, 11) is 0. The van der Waals surface area contributed by atoms with E-state index in [0.29, 0.717) is 5.02 Å². The first kappa shape index (κ1) is 13.8. The molecule has 0 spiro atoms. The van der Waals surface area contributed by atoms with Gasteiger partial charge in [-0.25, -0.2) is 4.68 Å². The van der Waals surface area contributed by atoms with Crippen LogP contribution in [0.3, 0.4) is 0 Å². The van der Waals surface area contributed by atoms with Crippen LogP contribution in [0.5, 0.6) is 0 Å². The Balaban J connectivity index is 1.93. The van der Waals surface area contributed by atoms with Crippen LogP contribution in [-0.2, 0) is 6.42 Å². The fourth-order valence-electron chi connectivity index (χ4n) is 2.75. The zero-order chi connectivity index (χ0) is 15.1. The van der Waals surface area contributed by atoms with Crippen LogP contribution in [0.2, 0.25) is 5.02 Å². The molecule has 4 rings (SSSR count). The number of aromatic nitrogens is 3. The number of halogens is 2. The fourth-order valence-corrected chi connectivity index (χ4v) is 3.33. The van der Waals surface area contributed by atoms with Gasteiger partial charge in [-0.2, -0.15) is 5.10 Å². The molecular weight excluding hydrogens is 364 g/mol. The highest BCUT2D eigenvalue weighted by Gasteiger charge is 2.24. The third-order valence-corrected chi connectivity index (χ3v) is 4.46. The summed E-state index contributed by atoms with van der Waals surface area (Å²) in [5, 5.41) is 8.87. The maximum Gasteiger partial charge on any atom is 0.133 e. The van der Waals surface area contributed by atoms with Crippen LogP contribution in [0.25, 0.3) is 16.9 Å². The number of benzene rings is 1. The van der Waals surface area contributed by atoms with Crippen molar-refractivity contribution >= 4 is 33.3 Å². The first-order chi connectivity index (χ1) is 10.7. The molecule has 0 atom stereocenters. The van der Waals surface area contributed by atoms with Gasteiger partial charge in [0.1, 0.15) is 5.82 Å². The SMILES string of the molecule is Clc1ccccc1-n1nc(-c2cncc(Br)c2)c2c1NCC2. The molecule has 2 aromatic heterocycles. The Hall–Kier alpha value is -1.85. The molecule has 0 saturated carbocycles. The molecule has 6 heteroatoms. The lowest BCUT2D eigenvalue weighted by Crippen LogP contribution is -2.04. The number of rotatable bonds is 2. The summed E-state index contributed by atoms with van der Waals surface area (Å²) in [6.07, 6.45) is 4.55. The molecule has 1 aliphatic rings. The second-order valence-electron chi connectivity index (χ2n) is 5.11. The van der Waals surface area contributed by atoms with E-state index in [0.717, 1.165) is 40.2 Å². The Morgan fingerprint density at radius 3 is 2.91 bits per heavy atom. The minimum Gasteiger partial charge on any atom is -0.369 e. The van der Waals surface area contributed by atoms with Crippen molar-refractivity contribution in [3.05, 3.63) is 57.8 Å². The molecule has 3 heterocycles. The molecule has 0 fully saturated rings. The highest BCUT2D eigenvalue weighted by molar-refractivity contribution is 9.10. The molecule has 0 saturated heterocycles. The molecule has 1 aromatic carbocycles. The smallest absolute Gasteiger partial charge is 0.133 e. The van der Waals surface area contributed by atoms with Crippen molar-refractivity contribution in [3.63, 3.8) is 0 Å². The van der Waals surface area contributed by atoms with Gasteiger partial charge in [0, 0.05) is 34.5 Å². The van der Waals surface area contributed by atoms with Gasteiger partial charge in [-0.3, -0.25) is 4.98 Å². The maximum atomic E-state index is 6.33. The zero-order valence-electron chi connectivity index (χ0n) is 11.6. The number of para-hydroxylation sites is 1. The molecule has 4 nitrogen and oxygen atoms in total. The molecular formula is C16H12BrClN4. The van der Waals surface area contributed by atoms with E-state index in [2.05, 4.69) is 26.2 Å². The van der Waals surface area contributed by atoms with E-state index in [1.54, 1.807) is 6.20 Å². The number of anilines is 1. The maximum absolute atomic E-state index is 6.33. The summed E-state index contributed by atoms with van der Waals surface area (Å²) in [5.74, 6) is 1.02. The van der Waals surface area contributed by atoms with Gasteiger partial charge in [-0.1, -0.05) is 23.7 Å². The van der Waals surface area contributed by atoms with E-state index < -0.39 is 0 Å². The van der Waals surface area contributed by atoms with E-state index >= 15 is 0 Å². The largest absolute Gasteiger partial charge is 0.369 e. The predicted octanol–water partition coefficient (Wildman–Crippen LogP) is 4.32. The van der Waals surface area contributed by atoms with Gasteiger partial charge in [0.25, 0.3) is 0 Å². The second kappa shape index (κ2) is 5.41. The van der Waals surface area contributed by atoms with Gasteiger partial charge in [-0.15, -0.1) is 0 Å². The minimum atomic E-state index is 0.681. The van der Waals surface area contributed by atoms with Crippen molar-refractivity contribution in [2.75, 3.05) is 11.9 Å². The summed E-state index contributed by atoms with van der Waals surface area (Å²) in [6, 6.07) is 9.76. The van der Waals surface area contributed by atoms with Gasteiger partial charge < -0.3 is 5.32 Å². The summed E-state index contributed by atoms with van der Waals surface area (Å²) < 4.78 is 2.83. The first-order valence-electron chi connectivity index (χ1n) is 6.95. The number of nitrogens with zero attached hydrogens (tertiary/aromatic N) is 3. The Bertz CT molecular complexity index is 859. The van der Waals surface area contributed by atoms with E-state index in [-0.39, 0.29) is 0 Å². The molecule has 1 aliphatic heterocycles. The molecule has 0 amide bonds. The molecule has 1 N–H and O–H groups in total. The molecule has 3 aromatic rings. The highest BCUT2D eigenvalue weighted by atomic mass is 79.9. The van der Waals surface area contributed by atoms with Gasteiger partial charge in [0.15, 0.2) is 0 Å². The molecule has 110 valence electrons. The number of pyridine rings is 1. The van der Waals surface area contributed by atoms with Crippen molar-refractivity contribution < 1.29 is 0 Å². The monoisotopic (exact) mass is 374 g/mol. The van der Waals surface area contributed by atoms with Gasteiger partial charge in [0.05, 0.1) is 16.4 Å². The lowest BCUT2D eigenvalue weighted by atomic mass is 10.1. The summed E-state index contributed by atoms with van der Waals surface area (Å²) in [5.41, 5.74) is 4.04. The molecule has 0 bridgehead atoms. The lowest BCUT2D eigenvalue weighted by Gasteiger charge is -2.07. The normalized spacial score (nSPS) is 13.0. The van der Waals surface area contributed by atoms with Crippen LogP contribution in [0.1, 0.15) is 5.56 Å². The van der Waals surface area contributed by atoms with Crippen LogP contribution >= 0.6 is 27.5 Å². The zero-order valence-corrected chi connectivity index (χ0v) is 13.9. The second-order valence-corrected chi connectivity index (χ2v) is 6.43. The first-order valence-corrected chi connectivity index (χ1v) is 8.13. The van der Waals surface area contributed by atoms with Crippen LogP contribution in [0.15, 0.2) is 47.2 Å². The van der Waals surface area contributed by atoms with Crippen molar-refractivity contribution in [2.24, 2.45) is 0 Å². The Morgan fingerprint density at radius 1 is 1.23 bits per heavy atom. The van der Waals surface area contributed by atoms with Crippen molar-refractivity contribution in [2.45, 2.75) is 6.42 Å². The van der Waals surface area contributed by atoms with E-state index in [9.17, 15) is 0 Å². The quantitative estimate of drug-likeness (QED) is 0.725. The molecule has 22 heavy (non-hydrogen) atoms. The molecule has 0 aliphatic carbocycles. The van der Waals surface area contributed by atoms with Crippen LogP contribution in [0, 0.1) is 0 Å². The summed E-state index contributed by atoms with van der Waals surface area (Å²) >= 11 is 9.80. The van der Waals surface area contributed by atoms with Crippen molar-refractivity contribution in [3.8, 4) is 16.9 Å². The summed E-state index contributed by atoms with van der Waals surface area (Å²) in [4.78, 5) is 4.24. The van der Waals surface area contributed by atoms with Crippen LogP contribution in [0.4, 0.5) is 5.82 Å². The summed E-state index contributed by atoms with van der Waals surface area (Å²) in [6.45, 7) is 0.909. The Kier molecular flexibility index (Phi) is 3.39. The van der Waals surface area contributed by atoms with E-state index in [1.165, 1.54) is 5.56 Å². The molecule has 0 unspecified atom stereocenters.